The first kappa shape index (κ1) is 13.8. The minimum atomic E-state index is -3.14. The lowest BCUT2D eigenvalue weighted by Gasteiger charge is -2.07. The van der Waals surface area contributed by atoms with Crippen LogP contribution in [0.1, 0.15) is 6.42 Å². The van der Waals surface area contributed by atoms with Gasteiger partial charge in [-0.15, -0.1) is 0 Å². The standard InChI is InChI=1S/C11H17NO4S/c12-10-3-1-4-11(9-10)16-6-8-17(14,15)7-2-5-13/h1,3-4,9,13H,2,5-8,12H2. The van der Waals surface area contributed by atoms with E-state index in [4.69, 9.17) is 15.6 Å². The molecule has 0 saturated carbocycles. The van der Waals surface area contributed by atoms with Gasteiger partial charge in [0.25, 0.3) is 0 Å². The van der Waals surface area contributed by atoms with Gasteiger partial charge in [0, 0.05) is 18.4 Å². The fraction of sp³-hybridized carbons (Fsp3) is 0.455. The number of ether oxygens (including phenoxy) is 1. The van der Waals surface area contributed by atoms with Crippen LogP contribution in [0.15, 0.2) is 24.3 Å². The van der Waals surface area contributed by atoms with Crippen LogP contribution in [0.4, 0.5) is 5.69 Å². The van der Waals surface area contributed by atoms with E-state index in [0.717, 1.165) is 0 Å². The van der Waals surface area contributed by atoms with Crippen molar-refractivity contribution < 1.29 is 18.3 Å². The minimum absolute atomic E-state index is 0.0101. The number of aliphatic hydroxyl groups excluding tert-OH is 1. The average molecular weight is 259 g/mol. The van der Waals surface area contributed by atoms with Gasteiger partial charge in [-0.1, -0.05) is 6.07 Å². The van der Waals surface area contributed by atoms with Gasteiger partial charge in [-0.25, -0.2) is 8.42 Å². The second kappa shape index (κ2) is 6.46. The summed E-state index contributed by atoms with van der Waals surface area (Å²) in [6, 6.07) is 6.83. The molecular formula is C11H17NO4S. The van der Waals surface area contributed by atoms with Crippen LogP contribution in [-0.4, -0.2) is 38.2 Å². The largest absolute Gasteiger partial charge is 0.492 e. The normalized spacial score (nSPS) is 11.4. The molecule has 0 heterocycles. The Morgan fingerprint density at radius 3 is 2.71 bits per heavy atom. The second-order valence-electron chi connectivity index (χ2n) is 3.65. The maximum Gasteiger partial charge on any atom is 0.153 e. The molecule has 17 heavy (non-hydrogen) atoms. The molecule has 0 bridgehead atoms. The zero-order valence-corrected chi connectivity index (χ0v) is 10.3. The van der Waals surface area contributed by atoms with Crippen LogP contribution >= 0.6 is 0 Å². The number of hydrogen-bond donors (Lipinski definition) is 2. The molecule has 0 fully saturated rings. The summed E-state index contributed by atoms with van der Waals surface area (Å²) < 4.78 is 28.1. The first-order valence-corrected chi connectivity index (χ1v) is 7.15. The fourth-order valence-corrected chi connectivity index (χ4v) is 2.39. The van der Waals surface area contributed by atoms with Crippen molar-refractivity contribution >= 4 is 15.5 Å². The molecule has 96 valence electrons. The highest BCUT2D eigenvalue weighted by molar-refractivity contribution is 7.91. The zero-order valence-electron chi connectivity index (χ0n) is 9.50. The number of anilines is 1. The van der Waals surface area contributed by atoms with Gasteiger partial charge in [0.2, 0.25) is 0 Å². The Bertz CT molecular complexity index is 445. The van der Waals surface area contributed by atoms with Crippen molar-refractivity contribution in [3.05, 3.63) is 24.3 Å². The lowest BCUT2D eigenvalue weighted by atomic mass is 10.3. The SMILES string of the molecule is Nc1cccc(OCCS(=O)(=O)CCCO)c1. The summed E-state index contributed by atoms with van der Waals surface area (Å²) in [5.74, 6) is 0.494. The van der Waals surface area contributed by atoms with Gasteiger partial charge in [0.05, 0.1) is 11.5 Å². The molecule has 5 nitrogen and oxygen atoms in total. The zero-order chi connectivity index (χ0) is 12.7. The monoisotopic (exact) mass is 259 g/mol. The van der Waals surface area contributed by atoms with Gasteiger partial charge < -0.3 is 15.6 Å². The van der Waals surface area contributed by atoms with Gasteiger partial charge >= 0.3 is 0 Å². The number of aliphatic hydroxyl groups is 1. The third kappa shape index (κ3) is 5.55. The molecule has 0 atom stereocenters. The average Bonchev–Trinajstić information content (AvgIpc) is 2.26. The van der Waals surface area contributed by atoms with Crippen LogP contribution in [0.3, 0.4) is 0 Å². The van der Waals surface area contributed by atoms with E-state index in [9.17, 15) is 8.42 Å². The van der Waals surface area contributed by atoms with E-state index in [0.29, 0.717) is 11.4 Å². The van der Waals surface area contributed by atoms with E-state index < -0.39 is 9.84 Å². The van der Waals surface area contributed by atoms with E-state index >= 15 is 0 Å². The smallest absolute Gasteiger partial charge is 0.153 e. The maximum absolute atomic E-state index is 11.4. The highest BCUT2D eigenvalue weighted by atomic mass is 32.2. The summed E-state index contributed by atoms with van der Waals surface area (Å²) in [6.45, 7) is -0.0213. The van der Waals surface area contributed by atoms with Crippen LogP contribution in [-0.2, 0) is 9.84 Å². The molecule has 0 radical (unpaired) electrons. The fourth-order valence-electron chi connectivity index (χ4n) is 1.28. The molecule has 0 amide bonds. The number of benzene rings is 1. The minimum Gasteiger partial charge on any atom is -0.492 e. The molecule has 3 N–H and O–H groups in total. The Morgan fingerprint density at radius 1 is 1.29 bits per heavy atom. The van der Waals surface area contributed by atoms with Crippen LogP contribution < -0.4 is 10.5 Å². The summed E-state index contributed by atoms with van der Waals surface area (Å²) in [6.07, 6.45) is 0.265. The number of nitrogen functional groups attached to an aromatic ring is 1. The predicted octanol–water partition coefficient (Wildman–Crippen LogP) is 0.445. The van der Waals surface area contributed by atoms with Crippen molar-refractivity contribution in [2.75, 3.05) is 30.5 Å². The van der Waals surface area contributed by atoms with Crippen LogP contribution in [0.25, 0.3) is 0 Å². The summed E-state index contributed by atoms with van der Waals surface area (Å²) in [7, 11) is -3.14. The number of nitrogens with two attached hydrogens (primary N) is 1. The molecule has 0 aromatic heterocycles. The van der Waals surface area contributed by atoms with Gasteiger partial charge in [-0.2, -0.15) is 0 Å². The maximum atomic E-state index is 11.4. The third-order valence-electron chi connectivity index (χ3n) is 2.13. The van der Waals surface area contributed by atoms with E-state index in [2.05, 4.69) is 0 Å². The van der Waals surface area contributed by atoms with Crippen molar-refractivity contribution in [1.82, 2.24) is 0 Å². The molecule has 6 heteroatoms. The van der Waals surface area contributed by atoms with Crippen molar-refractivity contribution in [1.29, 1.82) is 0 Å². The number of sulfone groups is 1. The Morgan fingerprint density at radius 2 is 2.06 bits per heavy atom. The first-order valence-electron chi connectivity index (χ1n) is 5.33. The predicted molar refractivity (Wildman–Crippen MR) is 66.7 cm³/mol. The summed E-state index contributed by atoms with van der Waals surface area (Å²) in [4.78, 5) is 0. The van der Waals surface area contributed by atoms with E-state index in [-0.39, 0.29) is 31.1 Å². The second-order valence-corrected chi connectivity index (χ2v) is 5.95. The number of hydrogen-bond acceptors (Lipinski definition) is 5. The van der Waals surface area contributed by atoms with Crippen molar-refractivity contribution in [2.45, 2.75) is 6.42 Å². The molecule has 0 aliphatic heterocycles. The van der Waals surface area contributed by atoms with E-state index in [1.54, 1.807) is 24.3 Å². The first-order chi connectivity index (χ1) is 8.03. The highest BCUT2D eigenvalue weighted by Gasteiger charge is 2.10. The topological polar surface area (TPSA) is 89.6 Å². The van der Waals surface area contributed by atoms with Gasteiger partial charge in [0.15, 0.2) is 9.84 Å². The quantitative estimate of drug-likeness (QED) is 0.694. The summed E-state index contributed by atoms with van der Waals surface area (Å²) in [5, 5.41) is 8.55. The lowest BCUT2D eigenvalue weighted by molar-refractivity contribution is 0.295. The van der Waals surface area contributed by atoms with Crippen LogP contribution in [0, 0.1) is 0 Å². The highest BCUT2D eigenvalue weighted by Crippen LogP contribution is 2.14. The molecule has 0 spiro atoms. The third-order valence-corrected chi connectivity index (χ3v) is 3.83. The molecule has 0 aliphatic rings. The molecule has 0 unspecified atom stereocenters. The molecule has 1 aromatic rings. The van der Waals surface area contributed by atoms with Gasteiger partial charge in [-0.05, 0) is 18.6 Å². The molecular weight excluding hydrogens is 242 g/mol. The van der Waals surface area contributed by atoms with E-state index in [1.165, 1.54) is 0 Å². The van der Waals surface area contributed by atoms with Gasteiger partial charge in [0.1, 0.15) is 12.4 Å². The summed E-state index contributed by atoms with van der Waals surface area (Å²) in [5.41, 5.74) is 6.13. The Labute approximate surface area is 101 Å². The Hall–Kier alpha value is -1.27. The van der Waals surface area contributed by atoms with Crippen molar-refractivity contribution in [3.63, 3.8) is 0 Å². The van der Waals surface area contributed by atoms with Crippen LogP contribution in [0.2, 0.25) is 0 Å². The Kier molecular flexibility index (Phi) is 5.24. The number of rotatable bonds is 7. The Balaban J connectivity index is 2.37. The molecule has 1 aromatic carbocycles. The van der Waals surface area contributed by atoms with Crippen molar-refractivity contribution in [2.24, 2.45) is 0 Å². The van der Waals surface area contributed by atoms with Gasteiger partial charge in [-0.3, -0.25) is 0 Å². The molecule has 0 aliphatic carbocycles. The van der Waals surface area contributed by atoms with E-state index in [1.807, 2.05) is 0 Å². The lowest BCUT2D eigenvalue weighted by Crippen LogP contribution is -2.17. The van der Waals surface area contributed by atoms with Crippen molar-refractivity contribution in [3.8, 4) is 5.75 Å². The molecule has 1 rings (SSSR count). The molecule has 0 saturated heterocycles. The van der Waals surface area contributed by atoms with Crippen LogP contribution in [0.5, 0.6) is 5.75 Å². The summed E-state index contributed by atoms with van der Waals surface area (Å²) >= 11 is 0.